The van der Waals surface area contributed by atoms with Gasteiger partial charge in [0, 0.05) is 0 Å². The van der Waals surface area contributed by atoms with Crippen molar-refractivity contribution in [3.63, 3.8) is 0 Å². The summed E-state index contributed by atoms with van der Waals surface area (Å²) in [4.78, 5) is 146. The highest BCUT2D eigenvalue weighted by atomic mass is 16.6. The van der Waals surface area contributed by atoms with Gasteiger partial charge in [0.05, 0.1) is 7.11 Å². The molecule has 0 bridgehead atoms. The standard InChI is InChI=1S/C49H88N10O13/c1-25(2)22-31(53-35(61)29(8)51-40(66)46(13,14)56-36(62)30(9)52-41(67)48(17,18)59-44(70)72-45(10,11)12)37(63)50-28(7)34(60)54-32(23-26(3)4)38(64)57-47(15,16)42(68)55-33(24-27(5)6)39(65)58-49(19,20)43(69)71-21/h25-33H,22-24H2,1-21H3,(H,50,63)(H,51,66)(H,52,67)(H,53,61)(H,54,60)(H,55,68)(H,56,62)(H,57,64)(H,58,65)(H,59,70)/t28-,29-,30-,31-,32-,33-/m0/s1. The van der Waals surface area contributed by atoms with E-state index in [1.165, 1.54) is 83.3 Å². The summed E-state index contributed by atoms with van der Waals surface area (Å²) >= 11 is 0. The van der Waals surface area contributed by atoms with E-state index in [1.807, 2.05) is 41.5 Å². The van der Waals surface area contributed by atoms with Crippen molar-refractivity contribution in [2.45, 2.75) is 222 Å². The number of amides is 10. The van der Waals surface area contributed by atoms with Crippen molar-refractivity contribution < 1.29 is 62.2 Å². The fourth-order valence-corrected chi connectivity index (χ4v) is 6.55. The molecule has 0 aromatic carbocycles. The number of nitrogens with one attached hydrogen (secondary N) is 10. The van der Waals surface area contributed by atoms with Crippen LogP contribution in [0.3, 0.4) is 0 Å². The highest BCUT2D eigenvalue weighted by molar-refractivity contribution is 6.00. The third kappa shape index (κ3) is 23.0. The lowest BCUT2D eigenvalue weighted by molar-refractivity contribution is -0.149. The monoisotopic (exact) mass is 1020 g/mol. The molecule has 0 saturated heterocycles. The fraction of sp³-hybridized carbons (Fsp3) is 0.776. The molecule has 0 radical (unpaired) electrons. The van der Waals surface area contributed by atoms with E-state index in [2.05, 4.69) is 53.2 Å². The van der Waals surface area contributed by atoms with Crippen LogP contribution >= 0.6 is 0 Å². The molecule has 0 unspecified atom stereocenters. The number of carbonyl (C=O) groups excluding carboxylic acids is 11. The molecule has 0 aromatic rings. The number of rotatable bonds is 26. The Morgan fingerprint density at radius 3 is 1.04 bits per heavy atom. The highest BCUT2D eigenvalue weighted by Gasteiger charge is 2.40. The van der Waals surface area contributed by atoms with Gasteiger partial charge in [-0.05, 0) is 134 Å². The van der Waals surface area contributed by atoms with E-state index in [4.69, 9.17) is 9.47 Å². The summed E-state index contributed by atoms with van der Waals surface area (Å²) in [5, 5.41) is 25.8. The largest absolute Gasteiger partial charge is 0.467 e. The normalized spacial score (nSPS) is 14.7. The number of ether oxygens (including phenoxy) is 2. The zero-order chi connectivity index (χ0) is 56.7. The summed E-state index contributed by atoms with van der Waals surface area (Å²) in [6, 6.07) is -7.06. The van der Waals surface area contributed by atoms with Crippen LogP contribution in [-0.4, -0.2) is 136 Å². The average molecular weight is 1030 g/mol. The second-order valence-corrected chi connectivity index (χ2v) is 22.7. The number of methoxy groups -OCH3 is 1. The topological polar surface area (TPSA) is 327 Å². The summed E-state index contributed by atoms with van der Waals surface area (Å²) in [6.07, 6.45) is -0.376. The average Bonchev–Trinajstić information content (AvgIpc) is 3.20. The molecule has 0 aromatic heterocycles. The van der Waals surface area contributed by atoms with Gasteiger partial charge in [-0.1, -0.05) is 41.5 Å². The lowest BCUT2D eigenvalue weighted by atomic mass is 9.97. The van der Waals surface area contributed by atoms with E-state index in [0.29, 0.717) is 0 Å². The van der Waals surface area contributed by atoms with Crippen LogP contribution in [0.25, 0.3) is 0 Å². The zero-order valence-corrected chi connectivity index (χ0v) is 46.6. The summed E-state index contributed by atoms with van der Waals surface area (Å²) in [6.45, 7) is 31.4. The predicted molar refractivity (Wildman–Crippen MR) is 269 cm³/mol. The van der Waals surface area contributed by atoms with Crippen LogP contribution in [-0.2, 0) is 57.4 Å². The summed E-state index contributed by atoms with van der Waals surface area (Å²) in [5.41, 5.74) is -6.91. The first-order valence-corrected chi connectivity index (χ1v) is 24.4. The van der Waals surface area contributed by atoms with Crippen LogP contribution < -0.4 is 53.2 Å². The van der Waals surface area contributed by atoms with Crippen molar-refractivity contribution >= 4 is 65.2 Å². The minimum absolute atomic E-state index is 0.0555. The molecule has 0 spiro atoms. The van der Waals surface area contributed by atoms with Gasteiger partial charge in [-0.25, -0.2) is 9.59 Å². The van der Waals surface area contributed by atoms with Gasteiger partial charge in [0.2, 0.25) is 53.2 Å². The Morgan fingerprint density at radius 1 is 0.361 bits per heavy atom. The summed E-state index contributed by atoms with van der Waals surface area (Å²) in [7, 11) is 1.18. The van der Waals surface area contributed by atoms with Crippen molar-refractivity contribution in [1.82, 2.24) is 53.2 Å². The first-order chi connectivity index (χ1) is 32.5. The van der Waals surface area contributed by atoms with Gasteiger partial charge < -0.3 is 62.6 Å². The van der Waals surface area contributed by atoms with Gasteiger partial charge in [-0.2, -0.15) is 0 Å². The first kappa shape index (κ1) is 66.0. The minimum atomic E-state index is -1.61. The second kappa shape index (κ2) is 27.1. The smallest absolute Gasteiger partial charge is 0.408 e. The van der Waals surface area contributed by atoms with E-state index in [-0.39, 0.29) is 37.0 Å². The van der Waals surface area contributed by atoms with Crippen molar-refractivity contribution in [2.24, 2.45) is 17.8 Å². The molecule has 23 heteroatoms. The molecule has 10 N–H and O–H groups in total. The number of esters is 1. The Morgan fingerprint density at radius 2 is 0.667 bits per heavy atom. The van der Waals surface area contributed by atoms with E-state index in [1.54, 1.807) is 20.8 Å². The van der Waals surface area contributed by atoms with Gasteiger partial charge in [0.15, 0.2) is 0 Å². The van der Waals surface area contributed by atoms with E-state index >= 15 is 0 Å². The molecule has 0 aliphatic rings. The second-order valence-electron chi connectivity index (χ2n) is 22.7. The van der Waals surface area contributed by atoms with Crippen molar-refractivity contribution in [3.05, 3.63) is 0 Å². The van der Waals surface area contributed by atoms with E-state index < -0.39 is 129 Å². The Balaban J connectivity index is 5.87. The lowest BCUT2D eigenvalue weighted by Gasteiger charge is -2.32. The third-order valence-electron chi connectivity index (χ3n) is 10.8. The maximum atomic E-state index is 13.8. The molecule has 0 heterocycles. The van der Waals surface area contributed by atoms with Gasteiger partial charge in [-0.3, -0.25) is 43.2 Å². The third-order valence-corrected chi connectivity index (χ3v) is 10.8. The number of alkyl carbamates (subject to hydrolysis) is 1. The molecule has 6 atom stereocenters. The molecule has 72 heavy (non-hydrogen) atoms. The van der Waals surface area contributed by atoms with Gasteiger partial charge in [0.25, 0.3) is 0 Å². The number of hydrogen-bond acceptors (Lipinski definition) is 13. The molecule has 0 saturated carbocycles. The van der Waals surface area contributed by atoms with E-state index in [0.717, 1.165) is 0 Å². The van der Waals surface area contributed by atoms with Gasteiger partial charge >= 0.3 is 12.1 Å². The Bertz CT molecular complexity index is 1970. The van der Waals surface area contributed by atoms with Crippen LogP contribution in [0.1, 0.15) is 158 Å². The number of carbonyl (C=O) groups is 11. The highest BCUT2D eigenvalue weighted by Crippen LogP contribution is 2.15. The van der Waals surface area contributed by atoms with Crippen LogP contribution in [0.5, 0.6) is 0 Å². The SMILES string of the molecule is COC(=O)C(C)(C)NC(=O)[C@H](CC(C)C)NC(=O)C(C)(C)NC(=O)[C@H](CC(C)C)NC(=O)[C@H](C)NC(=O)[C@H](CC(C)C)NC(=O)[C@H](C)NC(=O)C(C)(C)NC(=O)[C@H](C)NC(=O)C(C)(C)NC(=O)OC(C)(C)C. The Hall–Kier alpha value is -6.03. The van der Waals surface area contributed by atoms with Gasteiger partial charge in [0.1, 0.15) is 64.0 Å². The van der Waals surface area contributed by atoms with Crippen molar-refractivity contribution in [2.75, 3.05) is 7.11 Å². The molecule has 0 aliphatic heterocycles. The lowest BCUT2D eigenvalue weighted by Crippen LogP contribution is -2.64. The van der Waals surface area contributed by atoms with Crippen LogP contribution in [0.4, 0.5) is 4.79 Å². The van der Waals surface area contributed by atoms with Crippen LogP contribution in [0, 0.1) is 17.8 Å². The molecule has 0 aliphatic carbocycles. The number of hydrogen-bond donors (Lipinski definition) is 10. The molecule has 23 nitrogen and oxygen atoms in total. The Kier molecular flexibility index (Phi) is 24.9. The van der Waals surface area contributed by atoms with Gasteiger partial charge in [-0.15, -0.1) is 0 Å². The van der Waals surface area contributed by atoms with Crippen LogP contribution in [0.15, 0.2) is 0 Å². The van der Waals surface area contributed by atoms with Crippen LogP contribution in [0.2, 0.25) is 0 Å². The first-order valence-electron chi connectivity index (χ1n) is 24.4. The summed E-state index contributed by atoms with van der Waals surface area (Å²) in [5.74, 6) is -7.54. The van der Waals surface area contributed by atoms with Crippen molar-refractivity contribution in [1.29, 1.82) is 0 Å². The molecule has 412 valence electrons. The maximum Gasteiger partial charge on any atom is 0.408 e. The Labute approximate surface area is 426 Å². The zero-order valence-electron chi connectivity index (χ0n) is 46.6. The molecular formula is C49H88N10O13. The predicted octanol–water partition coefficient (Wildman–Crippen LogP) is 1.25. The fourth-order valence-electron chi connectivity index (χ4n) is 6.55. The minimum Gasteiger partial charge on any atom is -0.467 e. The quantitative estimate of drug-likeness (QED) is 0.0547. The molecule has 10 amide bonds. The summed E-state index contributed by atoms with van der Waals surface area (Å²) < 4.78 is 9.99. The van der Waals surface area contributed by atoms with E-state index in [9.17, 15) is 52.7 Å². The van der Waals surface area contributed by atoms with Crippen molar-refractivity contribution in [3.8, 4) is 0 Å². The molecule has 0 fully saturated rings. The molecular weight excluding hydrogens is 937 g/mol. The molecule has 0 rings (SSSR count). The maximum absolute atomic E-state index is 13.8.